The average Bonchev–Trinajstić information content (AvgIpc) is 2.60. The lowest BCUT2D eigenvalue weighted by molar-refractivity contribution is 0.443. The van der Waals surface area contributed by atoms with Crippen molar-refractivity contribution in [2.45, 2.75) is 20.4 Å². The van der Waals surface area contributed by atoms with Crippen molar-refractivity contribution in [1.82, 2.24) is 14.9 Å². The Hall–Kier alpha value is -1.25. The smallest absolute Gasteiger partial charge is 0.215 e. The molecule has 0 unspecified atom stereocenters. The molecule has 8 heteroatoms. The Bertz CT molecular complexity index is 699. The molecule has 0 aliphatic carbocycles. The summed E-state index contributed by atoms with van der Waals surface area (Å²) >= 11 is 1.80. The molecular formula is C17H28N4O2S2. The number of sulfonamides is 1. The van der Waals surface area contributed by atoms with Crippen LogP contribution in [0.2, 0.25) is 0 Å². The third-order valence-corrected chi connectivity index (χ3v) is 7.00. The number of guanidine groups is 1. The second-order valence-electron chi connectivity index (χ2n) is 6.11. The highest BCUT2D eigenvalue weighted by atomic mass is 32.2. The number of benzene rings is 1. The van der Waals surface area contributed by atoms with Crippen LogP contribution in [0.25, 0.3) is 0 Å². The normalized spacial score (nSPS) is 16.7. The molecule has 1 fully saturated rings. The highest BCUT2D eigenvalue weighted by Crippen LogP contribution is 2.13. The maximum atomic E-state index is 12.3. The van der Waals surface area contributed by atoms with E-state index in [1.54, 1.807) is 23.1 Å². The predicted molar refractivity (Wildman–Crippen MR) is 107 cm³/mol. The van der Waals surface area contributed by atoms with Crippen LogP contribution >= 0.6 is 11.8 Å². The maximum absolute atomic E-state index is 12.3. The Morgan fingerprint density at radius 1 is 1.24 bits per heavy atom. The van der Waals surface area contributed by atoms with Crippen LogP contribution in [-0.4, -0.2) is 62.6 Å². The van der Waals surface area contributed by atoms with Crippen LogP contribution in [0, 0.1) is 13.8 Å². The molecule has 1 aliphatic rings. The van der Waals surface area contributed by atoms with Gasteiger partial charge in [-0.25, -0.2) is 12.7 Å². The Morgan fingerprint density at radius 2 is 1.96 bits per heavy atom. The van der Waals surface area contributed by atoms with Crippen molar-refractivity contribution in [2.24, 2.45) is 4.99 Å². The van der Waals surface area contributed by atoms with Crippen molar-refractivity contribution in [3.8, 4) is 0 Å². The molecule has 25 heavy (non-hydrogen) atoms. The van der Waals surface area contributed by atoms with Crippen LogP contribution in [0.4, 0.5) is 0 Å². The number of nitrogens with zero attached hydrogens (tertiary/aromatic N) is 2. The summed E-state index contributed by atoms with van der Waals surface area (Å²) in [6.07, 6.45) is 0. The highest BCUT2D eigenvalue weighted by molar-refractivity contribution is 7.99. The quantitative estimate of drug-likeness (QED) is 0.572. The second kappa shape index (κ2) is 9.45. The van der Waals surface area contributed by atoms with Crippen molar-refractivity contribution in [2.75, 3.05) is 43.9 Å². The number of thioether (sulfide) groups is 1. The SMILES string of the molecule is CN=C(NCCS(=O)(=O)N1CCSCC1)NCc1ccc(C)cc1C. The lowest BCUT2D eigenvalue weighted by atomic mass is 10.1. The van der Waals surface area contributed by atoms with Crippen LogP contribution in [-0.2, 0) is 16.6 Å². The molecule has 0 atom stereocenters. The number of hydrogen-bond acceptors (Lipinski definition) is 4. The highest BCUT2D eigenvalue weighted by Gasteiger charge is 2.23. The van der Waals surface area contributed by atoms with Crippen molar-refractivity contribution in [1.29, 1.82) is 0 Å². The maximum Gasteiger partial charge on any atom is 0.215 e. The largest absolute Gasteiger partial charge is 0.355 e. The monoisotopic (exact) mass is 384 g/mol. The molecule has 1 heterocycles. The summed E-state index contributed by atoms with van der Waals surface area (Å²) in [6.45, 7) is 6.40. The molecule has 0 radical (unpaired) electrons. The van der Waals surface area contributed by atoms with Gasteiger partial charge in [0.15, 0.2) is 5.96 Å². The fraction of sp³-hybridized carbons (Fsp3) is 0.588. The van der Waals surface area contributed by atoms with E-state index in [9.17, 15) is 8.42 Å². The molecular weight excluding hydrogens is 356 g/mol. The number of rotatable bonds is 6. The summed E-state index contributed by atoms with van der Waals surface area (Å²) < 4.78 is 26.2. The van der Waals surface area contributed by atoms with E-state index in [-0.39, 0.29) is 5.75 Å². The molecule has 2 rings (SSSR count). The van der Waals surface area contributed by atoms with Gasteiger partial charge in [0.1, 0.15) is 0 Å². The fourth-order valence-corrected chi connectivity index (χ4v) is 5.19. The van der Waals surface area contributed by atoms with E-state index >= 15 is 0 Å². The van der Waals surface area contributed by atoms with E-state index in [0.717, 1.165) is 11.5 Å². The van der Waals surface area contributed by atoms with Gasteiger partial charge in [0.05, 0.1) is 5.75 Å². The molecule has 0 spiro atoms. The molecule has 2 N–H and O–H groups in total. The fourth-order valence-electron chi connectivity index (χ4n) is 2.70. The first kappa shape index (κ1) is 20.1. The van der Waals surface area contributed by atoms with Gasteiger partial charge in [0.25, 0.3) is 0 Å². The Morgan fingerprint density at radius 3 is 2.60 bits per heavy atom. The Balaban J connectivity index is 1.80. The first-order valence-corrected chi connectivity index (χ1v) is 11.2. The first-order chi connectivity index (χ1) is 11.9. The van der Waals surface area contributed by atoms with Gasteiger partial charge in [-0.2, -0.15) is 11.8 Å². The van der Waals surface area contributed by atoms with E-state index in [4.69, 9.17) is 0 Å². The van der Waals surface area contributed by atoms with Crippen molar-refractivity contribution in [3.63, 3.8) is 0 Å². The predicted octanol–water partition coefficient (Wildman–Crippen LogP) is 1.35. The zero-order valence-electron chi connectivity index (χ0n) is 15.2. The van der Waals surface area contributed by atoms with Gasteiger partial charge in [-0.05, 0) is 25.0 Å². The average molecular weight is 385 g/mol. The van der Waals surface area contributed by atoms with E-state index in [1.807, 2.05) is 0 Å². The van der Waals surface area contributed by atoms with Crippen LogP contribution in [0.15, 0.2) is 23.2 Å². The molecule has 1 aromatic carbocycles. The van der Waals surface area contributed by atoms with Crippen molar-refractivity contribution < 1.29 is 8.42 Å². The minimum absolute atomic E-state index is 0.0852. The van der Waals surface area contributed by atoms with Crippen LogP contribution in [0.3, 0.4) is 0 Å². The summed E-state index contributed by atoms with van der Waals surface area (Å²) in [7, 11) is -1.50. The summed E-state index contributed by atoms with van der Waals surface area (Å²) in [5.41, 5.74) is 3.67. The second-order valence-corrected chi connectivity index (χ2v) is 9.42. The number of hydrogen-bond donors (Lipinski definition) is 2. The van der Waals surface area contributed by atoms with Crippen LogP contribution < -0.4 is 10.6 Å². The van der Waals surface area contributed by atoms with Crippen molar-refractivity contribution in [3.05, 3.63) is 34.9 Å². The molecule has 0 saturated carbocycles. The van der Waals surface area contributed by atoms with E-state index in [2.05, 4.69) is 47.7 Å². The third-order valence-electron chi connectivity index (χ3n) is 4.18. The first-order valence-electron chi connectivity index (χ1n) is 8.48. The van der Waals surface area contributed by atoms with Gasteiger partial charge in [-0.1, -0.05) is 23.8 Å². The molecule has 0 amide bonds. The molecule has 6 nitrogen and oxygen atoms in total. The Kier molecular flexibility index (Phi) is 7.58. The number of aliphatic imine (C=N–C) groups is 1. The van der Waals surface area contributed by atoms with Gasteiger partial charge in [-0.3, -0.25) is 4.99 Å². The van der Waals surface area contributed by atoms with E-state index < -0.39 is 10.0 Å². The zero-order valence-corrected chi connectivity index (χ0v) is 16.8. The minimum atomic E-state index is -3.19. The molecule has 0 aromatic heterocycles. The van der Waals surface area contributed by atoms with Crippen LogP contribution in [0.1, 0.15) is 16.7 Å². The van der Waals surface area contributed by atoms with Crippen molar-refractivity contribution >= 4 is 27.7 Å². The third kappa shape index (κ3) is 6.20. The van der Waals surface area contributed by atoms with E-state index in [1.165, 1.54) is 16.7 Å². The van der Waals surface area contributed by atoms with Gasteiger partial charge in [-0.15, -0.1) is 0 Å². The Labute approximate surface area is 155 Å². The summed E-state index contributed by atoms with van der Waals surface area (Å²) in [5, 5.41) is 6.33. The minimum Gasteiger partial charge on any atom is -0.355 e. The van der Waals surface area contributed by atoms with Crippen LogP contribution in [0.5, 0.6) is 0 Å². The molecule has 1 aromatic rings. The molecule has 0 bridgehead atoms. The number of nitrogens with one attached hydrogen (secondary N) is 2. The summed E-state index contributed by atoms with van der Waals surface area (Å²) in [5.74, 6) is 2.46. The summed E-state index contributed by atoms with van der Waals surface area (Å²) in [4.78, 5) is 4.17. The lowest BCUT2D eigenvalue weighted by Gasteiger charge is -2.25. The van der Waals surface area contributed by atoms with Gasteiger partial charge in [0.2, 0.25) is 10.0 Å². The summed E-state index contributed by atoms with van der Waals surface area (Å²) in [6, 6.07) is 6.34. The van der Waals surface area contributed by atoms with Gasteiger partial charge in [0, 0.05) is 44.7 Å². The lowest BCUT2D eigenvalue weighted by Crippen LogP contribution is -2.44. The molecule has 1 saturated heterocycles. The topological polar surface area (TPSA) is 73.8 Å². The molecule has 140 valence electrons. The van der Waals surface area contributed by atoms with Gasteiger partial charge < -0.3 is 10.6 Å². The molecule has 1 aliphatic heterocycles. The zero-order chi connectivity index (χ0) is 18.3. The van der Waals surface area contributed by atoms with E-state index in [0.29, 0.717) is 32.1 Å². The standard InChI is InChI=1S/C17H28N4O2S2/c1-14-4-5-16(15(2)12-14)13-20-17(18-3)19-6-11-25(22,23)21-7-9-24-10-8-21/h4-5,12H,6-11,13H2,1-3H3,(H2,18,19,20). The van der Waals surface area contributed by atoms with Gasteiger partial charge >= 0.3 is 0 Å². The number of aryl methyl sites for hydroxylation is 2.